The summed E-state index contributed by atoms with van der Waals surface area (Å²) in [5.41, 5.74) is 3.91. The summed E-state index contributed by atoms with van der Waals surface area (Å²) in [6.07, 6.45) is 1.71. The largest absolute Gasteiger partial charge is 0.481 e. The highest BCUT2D eigenvalue weighted by atomic mass is 16.4. The average Bonchev–Trinajstić information content (AvgIpc) is 3.09. The lowest BCUT2D eigenvalue weighted by Crippen LogP contribution is -2.31. The van der Waals surface area contributed by atoms with Gasteiger partial charge >= 0.3 is 12.0 Å². The minimum Gasteiger partial charge on any atom is -0.481 e. The Bertz CT molecular complexity index is 803. The van der Waals surface area contributed by atoms with Crippen molar-refractivity contribution in [3.05, 3.63) is 59.7 Å². The quantitative estimate of drug-likeness (QED) is 0.651. The van der Waals surface area contributed by atoms with E-state index in [1.54, 1.807) is 9.80 Å². The Labute approximate surface area is 165 Å². The number of benzene rings is 2. The number of rotatable bonds is 9. The summed E-state index contributed by atoms with van der Waals surface area (Å²) in [4.78, 5) is 27.1. The van der Waals surface area contributed by atoms with Crippen LogP contribution in [-0.4, -0.2) is 36.7 Å². The second-order valence-electron chi connectivity index (χ2n) is 6.99. The van der Waals surface area contributed by atoms with Crippen LogP contribution in [0.15, 0.2) is 48.5 Å². The highest BCUT2D eigenvalue weighted by Crippen LogP contribution is 2.26. The second-order valence-corrected chi connectivity index (χ2v) is 6.99. The maximum atomic E-state index is 12.9. The standard InChI is InChI=1S/C22H27N3O3/c1-2-13-23-16-18-5-10-20(11-6-18)25-15-14-24(22(25)28)19-8-3-17(4-9-19)7-12-21(26)27/h3-6,8-11,23H,2,7,12-16H2,1H3,(H,26,27). The molecule has 148 valence electrons. The van der Waals surface area contributed by atoms with Crippen molar-refractivity contribution in [3.63, 3.8) is 0 Å². The van der Waals surface area contributed by atoms with Gasteiger partial charge in [0.05, 0.1) is 0 Å². The van der Waals surface area contributed by atoms with Crippen LogP contribution >= 0.6 is 0 Å². The van der Waals surface area contributed by atoms with Crippen LogP contribution in [-0.2, 0) is 17.8 Å². The van der Waals surface area contributed by atoms with Crippen LogP contribution in [0.5, 0.6) is 0 Å². The topological polar surface area (TPSA) is 72.9 Å². The average molecular weight is 381 g/mol. The SMILES string of the molecule is CCCNCc1ccc(N2CCN(c3ccc(CCC(=O)O)cc3)C2=O)cc1. The first kappa shape index (κ1) is 19.9. The zero-order chi connectivity index (χ0) is 19.9. The van der Waals surface area contributed by atoms with Gasteiger partial charge < -0.3 is 10.4 Å². The minimum absolute atomic E-state index is 0.0323. The highest BCUT2D eigenvalue weighted by Gasteiger charge is 2.30. The molecule has 0 spiro atoms. The van der Waals surface area contributed by atoms with E-state index in [-0.39, 0.29) is 12.5 Å². The molecule has 1 saturated heterocycles. The van der Waals surface area contributed by atoms with Gasteiger partial charge in [0.15, 0.2) is 0 Å². The molecule has 2 aromatic rings. The molecule has 0 radical (unpaired) electrons. The normalized spacial score (nSPS) is 14.0. The number of aryl methyl sites for hydroxylation is 1. The predicted molar refractivity (Wildman–Crippen MR) is 111 cm³/mol. The molecule has 0 saturated carbocycles. The summed E-state index contributed by atoms with van der Waals surface area (Å²) in [5.74, 6) is -0.804. The van der Waals surface area contributed by atoms with E-state index < -0.39 is 5.97 Å². The lowest BCUT2D eigenvalue weighted by atomic mass is 10.1. The van der Waals surface area contributed by atoms with Gasteiger partial charge in [0.1, 0.15) is 0 Å². The minimum atomic E-state index is -0.804. The highest BCUT2D eigenvalue weighted by molar-refractivity contribution is 6.06. The van der Waals surface area contributed by atoms with E-state index in [1.165, 1.54) is 5.56 Å². The van der Waals surface area contributed by atoms with Crippen molar-refractivity contribution in [1.29, 1.82) is 0 Å². The number of anilines is 2. The molecule has 0 atom stereocenters. The molecule has 6 nitrogen and oxygen atoms in total. The van der Waals surface area contributed by atoms with Gasteiger partial charge in [0, 0.05) is 37.4 Å². The number of aliphatic carboxylic acids is 1. The molecule has 1 aliphatic heterocycles. The molecule has 2 amide bonds. The summed E-state index contributed by atoms with van der Waals surface area (Å²) in [6, 6.07) is 15.7. The van der Waals surface area contributed by atoms with E-state index in [0.29, 0.717) is 19.5 Å². The number of carbonyl (C=O) groups excluding carboxylic acids is 1. The molecule has 0 aliphatic carbocycles. The van der Waals surface area contributed by atoms with Crippen LogP contribution in [0.4, 0.5) is 16.2 Å². The zero-order valence-electron chi connectivity index (χ0n) is 16.2. The van der Waals surface area contributed by atoms with Crippen LogP contribution in [0.25, 0.3) is 0 Å². The Morgan fingerprint density at radius 2 is 1.50 bits per heavy atom. The van der Waals surface area contributed by atoms with Crippen molar-refractivity contribution in [1.82, 2.24) is 5.32 Å². The fraction of sp³-hybridized carbons (Fsp3) is 0.364. The number of hydrogen-bond donors (Lipinski definition) is 2. The number of nitrogens with one attached hydrogen (secondary N) is 1. The first-order chi connectivity index (χ1) is 13.6. The van der Waals surface area contributed by atoms with Crippen LogP contribution in [0.2, 0.25) is 0 Å². The molecule has 1 aliphatic rings. The van der Waals surface area contributed by atoms with Gasteiger partial charge in [-0.25, -0.2) is 4.79 Å². The van der Waals surface area contributed by atoms with Crippen molar-refractivity contribution in [2.45, 2.75) is 32.7 Å². The van der Waals surface area contributed by atoms with Crippen LogP contribution in [0.3, 0.4) is 0 Å². The molecule has 6 heteroatoms. The molecule has 2 aromatic carbocycles. The summed E-state index contributed by atoms with van der Waals surface area (Å²) < 4.78 is 0. The maximum absolute atomic E-state index is 12.9. The monoisotopic (exact) mass is 381 g/mol. The number of hydrogen-bond acceptors (Lipinski definition) is 3. The van der Waals surface area contributed by atoms with E-state index >= 15 is 0 Å². The van der Waals surface area contributed by atoms with Crippen LogP contribution < -0.4 is 15.1 Å². The fourth-order valence-corrected chi connectivity index (χ4v) is 3.31. The third kappa shape index (κ3) is 4.89. The van der Waals surface area contributed by atoms with Gasteiger partial charge in [0.2, 0.25) is 0 Å². The summed E-state index contributed by atoms with van der Waals surface area (Å²) in [5, 5.41) is 12.2. The fourth-order valence-electron chi connectivity index (χ4n) is 3.31. The third-order valence-corrected chi connectivity index (χ3v) is 4.89. The first-order valence-electron chi connectivity index (χ1n) is 9.78. The smallest absolute Gasteiger partial charge is 0.329 e. The van der Waals surface area contributed by atoms with E-state index in [2.05, 4.69) is 24.4 Å². The molecule has 1 heterocycles. The van der Waals surface area contributed by atoms with E-state index in [4.69, 9.17) is 5.11 Å². The number of urea groups is 1. The van der Waals surface area contributed by atoms with E-state index in [9.17, 15) is 9.59 Å². The summed E-state index contributed by atoms with van der Waals surface area (Å²) in [7, 11) is 0. The van der Waals surface area contributed by atoms with Gasteiger partial charge in [-0.2, -0.15) is 0 Å². The van der Waals surface area contributed by atoms with Crippen molar-refractivity contribution >= 4 is 23.4 Å². The summed E-state index contributed by atoms with van der Waals surface area (Å²) in [6.45, 7) is 5.25. The molecule has 28 heavy (non-hydrogen) atoms. The molecule has 0 bridgehead atoms. The molecule has 3 rings (SSSR count). The Morgan fingerprint density at radius 1 is 0.964 bits per heavy atom. The van der Waals surface area contributed by atoms with Gasteiger partial charge in [-0.15, -0.1) is 0 Å². The molecule has 0 aromatic heterocycles. The van der Waals surface area contributed by atoms with Crippen molar-refractivity contribution in [2.24, 2.45) is 0 Å². The Balaban J connectivity index is 1.62. The molecule has 2 N–H and O–H groups in total. The molecular formula is C22H27N3O3. The van der Waals surface area contributed by atoms with Crippen molar-refractivity contribution in [3.8, 4) is 0 Å². The number of carboxylic acid groups (broad SMARTS) is 1. The lowest BCUT2D eigenvalue weighted by molar-refractivity contribution is -0.136. The summed E-state index contributed by atoms with van der Waals surface area (Å²) >= 11 is 0. The Hall–Kier alpha value is -2.86. The van der Waals surface area contributed by atoms with Gasteiger partial charge in [-0.1, -0.05) is 31.2 Å². The molecule has 1 fully saturated rings. The number of carboxylic acids is 1. The van der Waals surface area contributed by atoms with Gasteiger partial charge in [-0.05, 0) is 54.8 Å². The number of carbonyl (C=O) groups is 2. The Kier molecular flexibility index (Phi) is 6.66. The third-order valence-electron chi connectivity index (χ3n) is 4.89. The number of amides is 2. The molecule has 0 unspecified atom stereocenters. The van der Waals surface area contributed by atoms with E-state index in [1.807, 2.05) is 36.4 Å². The van der Waals surface area contributed by atoms with Gasteiger partial charge in [-0.3, -0.25) is 14.6 Å². The number of nitrogens with zero attached hydrogens (tertiary/aromatic N) is 2. The van der Waals surface area contributed by atoms with E-state index in [0.717, 1.165) is 36.4 Å². The van der Waals surface area contributed by atoms with Gasteiger partial charge in [0.25, 0.3) is 0 Å². The van der Waals surface area contributed by atoms with Crippen LogP contribution in [0.1, 0.15) is 30.9 Å². The predicted octanol–water partition coefficient (Wildman–Crippen LogP) is 3.65. The van der Waals surface area contributed by atoms with Crippen LogP contribution in [0, 0.1) is 0 Å². The van der Waals surface area contributed by atoms with Crippen molar-refractivity contribution < 1.29 is 14.7 Å². The first-order valence-corrected chi connectivity index (χ1v) is 9.78. The molecular weight excluding hydrogens is 354 g/mol. The van der Waals surface area contributed by atoms with Crippen molar-refractivity contribution in [2.75, 3.05) is 29.4 Å². The second kappa shape index (κ2) is 9.37. The lowest BCUT2D eigenvalue weighted by Gasteiger charge is -2.19. The Morgan fingerprint density at radius 3 is 2.00 bits per heavy atom. The maximum Gasteiger partial charge on any atom is 0.329 e. The zero-order valence-corrected chi connectivity index (χ0v) is 16.2.